The van der Waals surface area contributed by atoms with E-state index in [4.69, 9.17) is 40.8 Å². The highest BCUT2D eigenvalue weighted by molar-refractivity contribution is 6.04. The normalized spacial score (nSPS) is 16.9. The lowest BCUT2D eigenvalue weighted by Crippen LogP contribution is -2.35. The quantitative estimate of drug-likeness (QED) is 0.0765. The van der Waals surface area contributed by atoms with E-state index in [2.05, 4.69) is 43.4 Å². The van der Waals surface area contributed by atoms with Crippen LogP contribution >= 0.6 is 0 Å². The molecule has 19 heteroatoms. The summed E-state index contributed by atoms with van der Waals surface area (Å²) in [5.41, 5.74) is 21.0. The summed E-state index contributed by atoms with van der Waals surface area (Å²) < 4.78 is 22.4. The summed E-state index contributed by atoms with van der Waals surface area (Å²) in [5, 5.41) is 9.89. The average Bonchev–Trinajstić information content (AvgIpc) is 1.69. The van der Waals surface area contributed by atoms with E-state index in [-0.39, 0.29) is 24.1 Å². The van der Waals surface area contributed by atoms with Gasteiger partial charge in [0.2, 0.25) is 5.91 Å². The number of nitrogen functional groups attached to an aromatic ring is 2. The van der Waals surface area contributed by atoms with Crippen LogP contribution < -0.4 is 20.9 Å². The summed E-state index contributed by atoms with van der Waals surface area (Å²) in [5.74, 6) is 4.13. The summed E-state index contributed by atoms with van der Waals surface area (Å²) in [6, 6.07) is 36.1. The molecule has 0 radical (unpaired) electrons. The van der Waals surface area contributed by atoms with E-state index in [1.165, 1.54) is 17.7 Å². The number of anilines is 2. The second-order valence-corrected chi connectivity index (χ2v) is 23.9. The van der Waals surface area contributed by atoms with Crippen molar-refractivity contribution in [3.63, 3.8) is 0 Å². The second-order valence-electron chi connectivity index (χ2n) is 23.9. The molecule has 0 bridgehead atoms. The lowest BCUT2D eigenvalue weighted by atomic mass is 10.0. The minimum atomic E-state index is -0.892. The molecule has 448 valence electrons. The number of likely N-dealkylation sites (tertiary alicyclic amines) is 2. The number of amides is 2. The molecule has 2 amide bonds. The van der Waals surface area contributed by atoms with Crippen LogP contribution in [0.1, 0.15) is 94.6 Å². The molecular weight excluding hydrogens is 1080 g/mol. The molecule has 4 aliphatic rings. The van der Waals surface area contributed by atoms with Gasteiger partial charge in [0.05, 0.1) is 22.9 Å². The van der Waals surface area contributed by atoms with E-state index in [9.17, 15) is 14.4 Å². The van der Waals surface area contributed by atoms with E-state index in [1.54, 1.807) is 23.4 Å². The monoisotopic (exact) mass is 1160 g/mol. The number of fused-ring (bicyclic) bond motifs is 2. The number of para-hydroxylation sites is 2. The topological polar surface area (TPSA) is 226 Å². The number of aliphatic carboxylic acids is 1. The van der Waals surface area contributed by atoms with Crippen molar-refractivity contribution in [3.8, 4) is 45.3 Å². The Morgan fingerprint density at radius 3 is 1.38 bits per heavy atom. The van der Waals surface area contributed by atoms with Crippen molar-refractivity contribution < 1.29 is 33.7 Å². The highest BCUT2D eigenvalue weighted by atomic mass is 16.6. The van der Waals surface area contributed by atoms with Crippen molar-refractivity contribution in [1.82, 2.24) is 48.7 Å². The number of aromatic nitrogens is 6. The second kappa shape index (κ2) is 26.5. The number of carboxylic acid groups (broad SMARTS) is 1. The van der Waals surface area contributed by atoms with E-state index >= 15 is 0 Å². The molecule has 5 N–H and O–H groups in total. The molecule has 2 aliphatic heterocycles. The van der Waals surface area contributed by atoms with Gasteiger partial charge in [-0.1, -0.05) is 72.8 Å². The summed E-state index contributed by atoms with van der Waals surface area (Å²) in [4.78, 5) is 61.4. The van der Waals surface area contributed by atoms with Crippen LogP contribution in [0.3, 0.4) is 0 Å². The number of carbonyl (C=O) groups excluding carboxylic acids is 2. The number of carboxylic acids is 1. The fraction of sp³-hybridized carbons (Fsp3) is 0.358. The predicted molar refractivity (Wildman–Crippen MR) is 336 cm³/mol. The number of nitrogens with two attached hydrogens (primary N) is 2. The van der Waals surface area contributed by atoms with Crippen LogP contribution in [0.25, 0.3) is 44.3 Å². The lowest BCUT2D eigenvalue weighted by Gasteiger charge is -2.25. The van der Waals surface area contributed by atoms with Crippen molar-refractivity contribution in [1.29, 1.82) is 0 Å². The predicted octanol–water partition coefficient (Wildman–Crippen LogP) is 12.0. The van der Waals surface area contributed by atoms with Gasteiger partial charge in [0, 0.05) is 73.9 Å². The zero-order chi connectivity index (χ0) is 60.6. The van der Waals surface area contributed by atoms with Gasteiger partial charge < -0.3 is 59.5 Å². The Morgan fingerprint density at radius 1 is 0.570 bits per heavy atom. The largest absolute Gasteiger partial charge is 0.478 e. The van der Waals surface area contributed by atoms with Gasteiger partial charge in [-0.3, -0.25) is 4.79 Å². The maximum absolute atomic E-state index is 12.9. The number of ether oxygens (including phenoxy) is 3. The Labute approximate surface area is 502 Å². The van der Waals surface area contributed by atoms with Gasteiger partial charge in [-0.05, 0) is 159 Å². The van der Waals surface area contributed by atoms with Gasteiger partial charge in [-0.2, -0.15) is 0 Å². The molecule has 2 atom stereocenters. The van der Waals surface area contributed by atoms with E-state index in [0.29, 0.717) is 49.7 Å². The highest BCUT2D eigenvalue weighted by Crippen LogP contribution is 2.53. The molecule has 4 fully saturated rings. The minimum absolute atomic E-state index is 0.0622. The van der Waals surface area contributed by atoms with Crippen molar-refractivity contribution in [3.05, 3.63) is 158 Å². The van der Waals surface area contributed by atoms with E-state index in [0.717, 1.165) is 125 Å². The zero-order valence-electron chi connectivity index (χ0n) is 50.2. The summed E-state index contributed by atoms with van der Waals surface area (Å²) in [7, 11) is 7.75. The number of nitrogens with zero attached hydrogens (tertiary/aromatic N) is 10. The molecule has 19 nitrogen and oxygen atoms in total. The molecule has 8 aromatic rings. The first kappa shape index (κ1) is 60.1. The zero-order valence-corrected chi connectivity index (χ0v) is 50.2. The van der Waals surface area contributed by atoms with Crippen molar-refractivity contribution in [2.45, 2.75) is 88.8 Å². The standard InChI is InChI=1S/C31H34N6O2.C30H33N5O3.C6H11NO2/c1-35(2)17-6-9-26(38)36-18-16-23(19-36)37-29(22-10-11-22)27(28-30(32)33-20-34-31(28)37)21-12-14-25(15-13-21)39-24-7-4-3-5-8-24;1-30(2,3)38-29(36)34-16-15-21(17-34)35-26(20-9-10-20)24(25-27(31)32-18-33-28(25)35)19-11-13-23(14-12-19)37-22-7-5-4-6-8-22;1-7(2)5-3-4-6(8)9/h3-9,12-15,20,22-23H,10-11,16-19H2,1-2H3,(H2,32,33,34);4-8,11-14,18,20-21H,9-10,15-17H2,1-3H3,(H2,31,32,33);3-4H,5H2,1-2H3,(H,8,9)/b9-6+;;4-3+/t23-;21-;/m11./s1. The number of likely N-dealkylation sites (N-methyl/N-ethyl adjacent to an activating group) is 2. The van der Waals surface area contributed by atoms with Crippen LogP contribution in [-0.4, -0.2) is 145 Å². The maximum Gasteiger partial charge on any atom is 0.410 e. The SMILES string of the molecule is CC(C)(C)OC(=O)N1CC[C@@H](n2c(C3CC3)c(-c3ccc(Oc4ccccc4)cc3)c3c(N)ncnc32)C1.CN(C)C/C=C/C(=O)N1CC[C@@H](n2c(C3CC3)c(-c3ccc(Oc4ccccc4)cc3)c3c(N)ncnc32)C1.CN(C)C/C=C/C(=O)O. The van der Waals surface area contributed by atoms with Crippen molar-refractivity contribution >= 4 is 51.7 Å². The molecule has 86 heavy (non-hydrogen) atoms. The maximum atomic E-state index is 12.9. The molecule has 0 unspecified atom stereocenters. The molecule has 2 aliphatic carbocycles. The third-order valence-electron chi connectivity index (χ3n) is 15.4. The van der Waals surface area contributed by atoms with Crippen LogP contribution in [0.5, 0.6) is 23.0 Å². The Bertz CT molecular complexity index is 3720. The van der Waals surface area contributed by atoms with E-state index < -0.39 is 11.6 Å². The molecule has 12 rings (SSSR count). The first-order chi connectivity index (χ1) is 41.4. The highest BCUT2D eigenvalue weighted by Gasteiger charge is 2.40. The van der Waals surface area contributed by atoms with Crippen LogP contribution in [0.2, 0.25) is 0 Å². The summed E-state index contributed by atoms with van der Waals surface area (Å²) >= 11 is 0. The minimum Gasteiger partial charge on any atom is -0.478 e. The first-order valence-electron chi connectivity index (χ1n) is 29.5. The van der Waals surface area contributed by atoms with Gasteiger partial charge in [0.1, 0.15) is 64.2 Å². The van der Waals surface area contributed by atoms with Crippen LogP contribution in [0, 0.1) is 0 Å². The van der Waals surface area contributed by atoms with Gasteiger partial charge in [-0.15, -0.1) is 0 Å². The Kier molecular flexibility index (Phi) is 18.5. The summed E-state index contributed by atoms with van der Waals surface area (Å²) in [6.45, 7) is 9.69. The average molecular weight is 1160 g/mol. The van der Waals surface area contributed by atoms with Gasteiger partial charge in [-0.25, -0.2) is 29.5 Å². The number of hydrogen-bond acceptors (Lipinski definition) is 14. The third-order valence-corrected chi connectivity index (χ3v) is 15.4. The third kappa shape index (κ3) is 14.5. The molecule has 4 aromatic carbocycles. The van der Waals surface area contributed by atoms with Gasteiger partial charge in [0.25, 0.3) is 0 Å². The number of carbonyl (C=O) groups is 3. The lowest BCUT2D eigenvalue weighted by molar-refractivity contribution is -0.131. The van der Waals surface area contributed by atoms with Gasteiger partial charge >= 0.3 is 12.1 Å². The Balaban J connectivity index is 0.000000167. The molecule has 0 spiro atoms. The Morgan fingerprint density at radius 2 is 0.977 bits per heavy atom. The molecule has 2 saturated carbocycles. The molecule has 4 aromatic heterocycles. The smallest absolute Gasteiger partial charge is 0.410 e. The van der Waals surface area contributed by atoms with Crippen molar-refractivity contribution in [2.75, 3.05) is 78.9 Å². The van der Waals surface area contributed by atoms with Crippen molar-refractivity contribution in [2.24, 2.45) is 0 Å². The molecular formula is C67H78N12O7. The van der Waals surface area contributed by atoms with Crippen LogP contribution in [0.4, 0.5) is 16.4 Å². The first-order valence-corrected chi connectivity index (χ1v) is 29.5. The Hall–Kier alpha value is -9.07. The number of rotatable bonds is 16. The summed E-state index contributed by atoms with van der Waals surface area (Å²) in [6.07, 6.45) is 15.4. The van der Waals surface area contributed by atoms with Crippen LogP contribution in [0.15, 0.2) is 146 Å². The fourth-order valence-corrected chi connectivity index (χ4v) is 11.2. The molecule has 2 saturated heterocycles. The van der Waals surface area contributed by atoms with Gasteiger partial charge in [0.15, 0.2) is 0 Å². The number of hydrogen-bond donors (Lipinski definition) is 3. The molecule has 6 heterocycles. The van der Waals surface area contributed by atoms with E-state index in [1.807, 2.05) is 155 Å². The van der Waals surface area contributed by atoms with Crippen LogP contribution in [-0.2, 0) is 14.3 Å². The number of benzene rings is 4. The fourth-order valence-electron chi connectivity index (χ4n) is 11.2.